The summed E-state index contributed by atoms with van der Waals surface area (Å²) in [4.78, 5) is 32.5. The Morgan fingerprint density at radius 1 is 1.50 bits per heavy atom. The highest BCUT2D eigenvalue weighted by Gasteiger charge is 2.21. The molecule has 0 heterocycles. The number of carboxylic acid groups (broad SMARTS) is 1. The van der Waals surface area contributed by atoms with E-state index in [0.29, 0.717) is 0 Å². The van der Waals surface area contributed by atoms with Gasteiger partial charge < -0.3 is 10.4 Å². The van der Waals surface area contributed by atoms with Crippen molar-refractivity contribution in [2.45, 2.75) is 13.3 Å². The fourth-order valence-electron chi connectivity index (χ4n) is 1.58. The average molecular weight is 301 g/mol. The van der Waals surface area contributed by atoms with Gasteiger partial charge in [0.25, 0.3) is 11.6 Å². The molecule has 0 aliphatic rings. The van der Waals surface area contributed by atoms with E-state index in [1.807, 2.05) is 0 Å². The van der Waals surface area contributed by atoms with Crippen LogP contribution in [-0.2, 0) is 4.79 Å². The van der Waals surface area contributed by atoms with Crippen molar-refractivity contribution >= 4 is 29.2 Å². The minimum atomic E-state index is -0.968. The van der Waals surface area contributed by atoms with Crippen molar-refractivity contribution in [2.75, 3.05) is 6.54 Å². The molecule has 0 radical (unpaired) electrons. The largest absolute Gasteiger partial charge is 0.481 e. The lowest BCUT2D eigenvalue weighted by Gasteiger charge is -2.10. The maximum atomic E-state index is 11.9. The molecule has 1 rings (SSSR count). The van der Waals surface area contributed by atoms with Gasteiger partial charge in [0.1, 0.15) is 5.56 Å². The third kappa shape index (κ3) is 4.51. The number of carbonyl (C=O) groups excluding carboxylic acids is 1. The molecule has 1 aromatic rings. The minimum Gasteiger partial charge on any atom is -0.481 e. The monoisotopic (exact) mass is 300 g/mol. The molecule has 0 aliphatic heterocycles. The summed E-state index contributed by atoms with van der Waals surface area (Å²) in [5.41, 5.74) is -0.497. The summed E-state index contributed by atoms with van der Waals surface area (Å²) in [6.45, 7) is 1.77. The van der Waals surface area contributed by atoms with E-state index in [4.69, 9.17) is 16.7 Å². The normalized spacial score (nSPS) is 11.7. The van der Waals surface area contributed by atoms with Gasteiger partial charge in [-0.1, -0.05) is 18.5 Å². The number of hydrogen-bond acceptors (Lipinski definition) is 4. The summed E-state index contributed by atoms with van der Waals surface area (Å²) in [7, 11) is 0. The van der Waals surface area contributed by atoms with E-state index in [-0.39, 0.29) is 35.2 Å². The molecule has 0 bridgehead atoms. The van der Waals surface area contributed by atoms with Crippen molar-refractivity contribution in [1.29, 1.82) is 0 Å². The number of rotatable bonds is 6. The van der Waals surface area contributed by atoms with Crippen molar-refractivity contribution in [2.24, 2.45) is 5.92 Å². The van der Waals surface area contributed by atoms with Crippen molar-refractivity contribution in [3.63, 3.8) is 0 Å². The molecule has 1 amide bonds. The molecule has 108 valence electrons. The fraction of sp³-hybridized carbons (Fsp3) is 0.333. The zero-order chi connectivity index (χ0) is 15.3. The summed E-state index contributed by atoms with van der Waals surface area (Å²) in [5.74, 6) is -1.88. The number of hydrogen-bond donors (Lipinski definition) is 2. The number of benzene rings is 1. The number of carbonyl (C=O) groups is 2. The van der Waals surface area contributed by atoms with Gasteiger partial charge in [0.2, 0.25) is 0 Å². The van der Waals surface area contributed by atoms with E-state index in [1.54, 1.807) is 6.92 Å². The van der Waals surface area contributed by atoms with Crippen LogP contribution in [0.25, 0.3) is 0 Å². The molecule has 0 aromatic heterocycles. The van der Waals surface area contributed by atoms with Crippen LogP contribution in [0.1, 0.15) is 23.7 Å². The molecule has 0 fully saturated rings. The third-order valence-corrected chi connectivity index (χ3v) is 2.77. The summed E-state index contributed by atoms with van der Waals surface area (Å²) < 4.78 is 0. The van der Waals surface area contributed by atoms with Crippen molar-refractivity contribution < 1.29 is 19.6 Å². The second-order valence-electron chi connectivity index (χ2n) is 4.33. The Labute approximate surface area is 119 Å². The van der Waals surface area contributed by atoms with Crippen molar-refractivity contribution in [1.82, 2.24) is 5.32 Å². The van der Waals surface area contributed by atoms with Crippen LogP contribution >= 0.6 is 11.6 Å². The first-order chi connectivity index (χ1) is 9.31. The van der Waals surface area contributed by atoms with Gasteiger partial charge in [0.15, 0.2) is 0 Å². The number of aliphatic carboxylic acids is 1. The smallest absolute Gasteiger partial charge is 0.303 e. The Morgan fingerprint density at radius 3 is 2.70 bits per heavy atom. The molecule has 7 nitrogen and oxygen atoms in total. The van der Waals surface area contributed by atoms with E-state index in [0.717, 1.165) is 6.07 Å². The lowest BCUT2D eigenvalue weighted by Crippen LogP contribution is -2.29. The van der Waals surface area contributed by atoms with Crippen LogP contribution in [0.3, 0.4) is 0 Å². The van der Waals surface area contributed by atoms with Crippen molar-refractivity contribution in [3.8, 4) is 0 Å². The predicted octanol–water partition coefficient (Wildman–Crippen LogP) is 2.09. The highest BCUT2D eigenvalue weighted by atomic mass is 35.5. The second kappa shape index (κ2) is 6.85. The van der Waals surface area contributed by atoms with Gasteiger partial charge in [-0.15, -0.1) is 0 Å². The molecule has 8 heteroatoms. The Balaban J connectivity index is 2.78. The van der Waals surface area contributed by atoms with Crippen molar-refractivity contribution in [3.05, 3.63) is 38.9 Å². The highest BCUT2D eigenvalue weighted by Crippen LogP contribution is 2.23. The van der Waals surface area contributed by atoms with Gasteiger partial charge >= 0.3 is 5.97 Å². The summed E-state index contributed by atoms with van der Waals surface area (Å²) in [6, 6.07) is 3.74. The number of nitro benzene ring substituents is 1. The van der Waals surface area contributed by atoms with E-state index in [1.165, 1.54) is 12.1 Å². The maximum absolute atomic E-state index is 11.9. The number of halogens is 1. The van der Waals surface area contributed by atoms with Gasteiger partial charge in [-0.05, 0) is 18.1 Å². The first kappa shape index (κ1) is 15.9. The molecular weight excluding hydrogens is 288 g/mol. The topological polar surface area (TPSA) is 110 Å². The quantitative estimate of drug-likeness (QED) is 0.617. The lowest BCUT2D eigenvalue weighted by atomic mass is 10.1. The first-order valence-corrected chi connectivity index (χ1v) is 6.13. The molecule has 2 N–H and O–H groups in total. The number of amides is 1. The van der Waals surface area contributed by atoms with E-state index in [2.05, 4.69) is 5.32 Å². The molecular formula is C12H13ClN2O5. The third-order valence-electron chi connectivity index (χ3n) is 2.54. The van der Waals surface area contributed by atoms with Crippen LogP contribution in [0.5, 0.6) is 0 Å². The summed E-state index contributed by atoms with van der Waals surface area (Å²) in [5, 5.41) is 22.1. The number of nitrogens with zero attached hydrogens (tertiary/aromatic N) is 1. The molecule has 1 atom stereocenters. The Hall–Kier alpha value is -2.15. The van der Waals surface area contributed by atoms with Crippen LogP contribution in [0.4, 0.5) is 5.69 Å². The first-order valence-electron chi connectivity index (χ1n) is 5.75. The van der Waals surface area contributed by atoms with E-state index >= 15 is 0 Å². The number of nitro groups is 1. The van der Waals surface area contributed by atoms with Crippen LogP contribution in [-0.4, -0.2) is 28.5 Å². The van der Waals surface area contributed by atoms with Gasteiger partial charge in [-0.25, -0.2) is 0 Å². The average Bonchev–Trinajstić information content (AvgIpc) is 2.35. The Morgan fingerprint density at radius 2 is 2.15 bits per heavy atom. The minimum absolute atomic E-state index is 0.0943. The maximum Gasteiger partial charge on any atom is 0.303 e. The van der Waals surface area contributed by atoms with Crippen LogP contribution in [0.2, 0.25) is 5.02 Å². The van der Waals surface area contributed by atoms with E-state index in [9.17, 15) is 19.7 Å². The predicted molar refractivity (Wildman–Crippen MR) is 71.9 cm³/mol. The highest BCUT2D eigenvalue weighted by molar-refractivity contribution is 6.31. The molecule has 1 unspecified atom stereocenters. The SMILES string of the molecule is CC(CNC(=O)c1ccc(Cl)cc1[N+](=O)[O-])CC(=O)O. The molecule has 0 spiro atoms. The molecule has 0 saturated heterocycles. The molecule has 1 aromatic carbocycles. The zero-order valence-electron chi connectivity index (χ0n) is 10.6. The van der Waals surface area contributed by atoms with Gasteiger partial charge in [-0.3, -0.25) is 19.7 Å². The number of carboxylic acids is 1. The van der Waals surface area contributed by atoms with Crippen LogP contribution < -0.4 is 5.32 Å². The molecule has 20 heavy (non-hydrogen) atoms. The van der Waals surface area contributed by atoms with Crippen LogP contribution in [0.15, 0.2) is 18.2 Å². The summed E-state index contributed by atoms with van der Waals surface area (Å²) in [6.07, 6.45) is -0.0943. The second-order valence-corrected chi connectivity index (χ2v) is 4.77. The van der Waals surface area contributed by atoms with Gasteiger partial charge in [0, 0.05) is 24.1 Å². The van der Waals surface area contributed by atoms with Gasteiger partial charge in [0.05, 0.1) is 4.92 Å². The summed E-state index contributed by atoms with van der Waals surface area (Å²) >= 11 is 5.65. The van der Waals surface area contributed by atoms with Gasteiger partial charge in [-0.2, -0.15) is 0 Å². The van der Waals surface area contributed by atoms with E-state index < -0.39 is 16.8 Å². The number of nitrogens with one attached hydrogen (secondary N) is 1. The molecule has 0 aliphatic carbocycles. The standard InChI is InChI=1S/C12H13ClN2O5/c1-7(4-11(16)17)6-14-12(18)9-3-2-8(13)5-10(9)15(19)20/h2-3,5,7H,4,6H2,1H3,(H,14,18)(H,16,17). The lowest BCUT2D eigenvalue weighted by molar-refractivity contribution is -0.385. The fourth-order valence-corrected chi connectivity index (χ4v) is 1.75. The van der Waals surface area contributed by atoms with Crippen LogP contribution in [0, 0.1) is 16.0 Å². The molecule has 0 saturated carbocycles. The Bertz CT molecular complexity index is 547. The Kier molecular flexibility index (Phi) is 5.45. The zero-order valence-corrected chi connectivity index (χ0v) is 11.4.